The number of piperidine rings is 1. The van der Waals surface area contributed by atoms with Crippen LogP contribution in [-0.2, 0) is 11.8 Å². The third-order valence-corrected chi connectivity index (χ3v) is 5.75. The lowest BCUT2D eigenvalue weighted by atomic mass is 9.99. The highest BCUT2D eigenvalue weighted by molar-refractivity contribution is 7.99. The lowest BCUT2D eigenvalue weighted by molar-refractivity contribution is -0.129. The van der Waals surface area contributed by atoms with Crippen LogP contribution >= 0.6 is 23.4 Å². The van der Waals surface area contributed by atoms with Gasteiger partial charge in [0.15, 0.2) is 11.0 Å². The van der Waals surface area contributed by atoms with Gasteiger partial charge in [-0.3, -0.25) is 4.79 Å². The molecule has 24 heavy (non-hydrogen) atoms. The van der Waals surface area contributed by atoms with Crippen molar-refractivity contribution in [1.82, 2.24) is 19.7 Å². The molecule has 5 nitrogen and oxygen atoms in total. The molecule has 0 saturated carbocycles. The van der Waals surface area contributed by atoms with E-state index in [4.69, 9.17) is 11.6 Å². The zero-order chi connectivity index (χ0) is 17.1. The van der Waals surface area contributed by atoms with Crippen molar-refractivity contribution in [2.75, 3.05) is 18.8 Å². The Labute approximate surface area is 151 Å². The number of rotatable bonds is 4. The Morgan fingerprint density at radius 2 is 2.00 bits per heavy atom. The maximum absolute atomic E-state index is 12.3. The molecule has 1 fully saturated rings. The van der Waals surface area contributed by atoms with Gasteiger partial charge in [-0.2, -0.15) is 0 Å². The molecule has 3 rings (SSSR count). The van der Waals surface area contributed by atoms with E-state index in [0.29, 0.717) is 16.6 Å². The van der Waals surface area contributed by atoms with Gasteiger partial charge in [0, 0.05) is 25.7 Å². The molecule has 1 saturated heterocycles. The van der Waals surface area contributed by atoms with Crippen LogP contribution < -0.4 is 0 Å². The minimum absolute atomic E-state index is 0.175. The van der Waals surface area contributed by atoms with E-state index in [1.165, 1.54) is 11.8 Å². The molecule has 0 bridgehead atoms. The third-order valence-electron chi connectivity index (χ3n) is 4.41. The van der Waals surface area contributed by atoms with Gasteiger partial charge in [0.25, 0.3) is 0 Å². The third kappa shape index (κ3) is 3.75. The first-order valence-corrected chi connectivity index (χ1v) is 9.47. The van der Waals surface area contributed by atoms with Crippen LogP contribution in [0.25, 0.3) is 11.4 Å². The van der Waals surface area contributed by atoms with E-state index in [2.05, 4.69) is 17.1 Å². The highest BCUT2D eigenvalue weighted by Crippen LogP contribution is 2.28. The summed E-state index contributed by atoms with van der Waals surface area (Å²) in [5.41, 5.74) is 0.845. The Morgan fingerprint density at radius 3 is 2.71 bits per heavy atom. The van der Waals surface area contributed by atoms with Gasteiger partial charge in [-0.1, -0.05) is 42.4 Å². The molecule has 1 aliphatic heterocycles. The van der Waals surface area contributed by atoms with Crippen LogP contribution in [0.2, 0.25) is 5.02 Å². The molecule has 0 atom stereocenters. The first-order valence-electron chi connectivity index (χ1n) is 8.11. The highest BCUT2D eigenvalue weighted by Gasteiger charge is 2.21. The average Bonchev–Trinajstić information content (AvgIpc) is 2.94. The SMILES string of the molecule is CC1CCN(C(=O)CSc2nnc(-c3ccccc3Cl)n2C)CC1. The molecule has 0 unspecified atom stereocenters. The topological polar surface area (TPSA) is 51.0 Å². The van der Waals surface area contributed by atoms with E-state index in [9.17, 15) is 4.79 Å². The van der Waals surface area contributed by atoms with Gasteiger partial charge in [-0.15, -0.1) is 10.2 Å². The van der Waals surface area contributed by atoms with Gasteiger partial charge in [0.1, 0.15) is 0 Å². The second-order valence-electron chi connectivity index (χ2n) is 6.20. The number of hydrogen-bond acceptors (Lipinski definition) is 4. The van der Waals surface area contributed by atoms with Gasteiger partial charge in [0.05, 0.1) is 10.8 Å². The predicted molar refractivity (Wildman–Crippen MR) is 97.2 cm³/mol. The number of carbonyl (C=O) groups excluding carboxylic acids is 1. The van der Waals surface area contributed by atoms with Gasteiger partial charge >= 0.3 is 0 Å². The van der Waals surface area contributed by atoms with Crippen LogP contribution in [0.15, 0.2) is 29.4 Å². The predicted octanol–water partition coefficient (Wildman–Crippen LogP) is 3.49. The number of likely N-dealkylation sites (tertiary alicyclic amines) is 1. The smallest absolute Gasteiger partial charge is 0.233 e. The van der Waals surface area contributed by atoms with Crippen LogP contribution in [0.1, 0.15) is 19.8 Å². The number of carbonyl (C=O) groups is 1. The Morgan fingerprint density at radius 1 is 1.29 bits per heavy atom. The fraction of sp³-hybridized carbons (Fsp3) is 0.471. The van der Waals surface area contributed by atoms with Crippen molar-refractivity contribution in [2.45, 2.75) is 24.9 Å². The standard InChI is InChI=1S/C17H21ClN4OS/c1-12-7-9-22(10-8-12)15(23)11-24-17-20-19-16(21(17)2)13-5-3-4-6-14(13)18/h3-6,12H,7-11H2,1-2H3. The summed E-state index contributed by atoms with van der Waals surface area (Å²) in [5, 5.41) is 9.81. The molecule has 0 spiro atoms. The Kier molecular flexibility index (Phi) is 5.46. The van der Waals surface area contributed by atoms with Crippen molar-refractivity contribution in [3.8, 4) is 11.4 Å². The molecule has 0 radical (unpaired) electrons. The second-order valence-corrected chi connectivity index (χ2v) is 7.55. The molecule has 1 aliphatic rings. The number of aromatic nitrogens is 3. The van der Waals surface area contributed by atoms with E-state index in [1.807, 2.05) is 40.8 Å². The minimum atomic E-state index is 0.175. The molecule has 0 aliphatic carbocycles. The largest absolute Gasteiger partial charge is 0.342 e. The Bertz CT molecular complexity index is 725. The van der Waals surface area contributed by atoms with Crippen molar-refractivity contribution < 1.29 is 4.79 Å². The molecule has 0 N–H and O–H groups in total. The van der Waals surface area contributed by atoms with Crippen LogP contribution in [-0.4, -0.2) is 44.4 Å². The summed E-state index contributed by atoms with van der Waals surface area (Å²) in [6.45, 7) is 3.97. The van der Waals surface area contributed by atoms with E-state index >= 15 is 0 Å². The van der Waals surface area contributed by atoms with Crippen LogP contribution in [0.4, 0.5) is 0 Å². The van der Waals surface area contributed by atoms with Crippen molar-refractivity contribution in [3.05, 3.63) is 29.3 Å². The number of nitrogens with zero attached hydrogens (tertiary/aromatic N) is 4. The summed E-state index contributed by atoms with van der Waals surface area (Å²) in [5.74, 6) is 2.00. The highest BCUT2D eigenvalue weighted by atomic mass is 35.5. The fourth-order valence-electron chi connectivity index (χ4n) is 2.79. The summed E-state index contributed by atoms with van der Waals surface area (Å²) >= 11 is 7.66. The summed E-state index contributed by atoms with van der Waals surface area (Å²) in [4.78, 5) is 14.3. The first kappa shape index (κ1) is 17.3. The number of halogens is 1. The van der Waals surface area contributed by atoms with Crippen LogP contribution in [0.5, 0.6) is 0 Å². The van der Waals surface area contributed by atoms with E-state index in [0.717, 1.165) is 42.6 Å². The van der Waals surface area contributed by atoms with Gasteiger partial charge in [-0.25, -0.2) is 0 Å². The number of benzene rings is 1. The number of amides is 1. The second kappa shape index (κ2) is 7.57. The van der Waals surface area contributed by atoms with E-state index in [-0.39, 0.29) is 5.91 Å². The molecule has 2 aromatic rings. The molecule has 1 aromatic heterocycles. The number of thioether (sulfide) groups is 1. The average molecular weight is 365 g/mol. The van der Waals surface area contributed by atoms with Crippen molar-refractivity contribution >= 4 is 29.3 Å². The normalized spacial score (nSPS) is 15.7. The summed E-state index contributed by atoms with van der Waals surface area (Å²) in [6.07, 6.45) is 2.19. The Hall–Kier alpha value is -1.53. The van der Waals surface area contributed by atoms with Crippen LogP contribution in [0, 0.1) is 5.92 Å². The molecular weight excluding hydrogens is 344 g/mol. The van der Waals surface area contributed by atoms with Crippen molar-refractivity contribution in [1.29, 1.82) is 0 Å². The molecule has 128 valence electrons. The van der Waals surface area contributed by atoms with Crippen molar-refractivity contribution in [3.63, 3.8) is 0 Å². The molecule has 7 heteroatoms. The lowest BCUT2D eigenvalue weighted by Crippen LogP contribution is -2.38. The van der Waals surface area contributed by atoms with Gasteiger partial charge in [0.2, 0.25) is 5.91 Å². The monoisotopic (exact) mass is 364 g/mol. The zero-order valence-electron chi connectivity index (χ0n) is 13.9. The Balaban J connectivity index is 1.65. The van der Waals surface area contributed by atoms with E-state index in [1.54, 1.807) is 0 Å². The maximum Gasteiger partial charge on any atom is 0.233 e. The summed E-state index contributed by atoms with van der Waals surface area (Å²) in [6, 6.07) is 7.56. The first-order chi connectivity index (χ1) is 11.6. The minimum Gasteiger partial charge on any atom is -0.342 e. The lowest BCUT2D eigenvalue weighted by Gasteiger charge is -2.30. The van der Waals surface area contributed by atoms with Crippen molar-refractivity contribution in [2.24, 2.45) is 13.0 Å². The summed E-state index contributed by atoms with van der Waals surface area (Å²) in [7, 11) is 1.90. The zero-order valence-corrected chi connectivity index (χ0v) is 15.5. The molecule has 2 heterocycles. The quantitative estimate of drug-likeness (QED) is 0.779. The summed E-state index contributed by atoms with van der Waals surface area (Å²) < 4.78 is 1.89. The fourth-order valence-corrected chi connectivity index (χ4v) is 3.83. The van der Waals surface area contributed by atoms with E-state index < -0.39 is 0 Å². The van der Waals surface area contributed by atoms with Gasteiger partial charge in [-0.05, 0) is 30.9 Å². The van der Waals surface area contributed by atoms with Gasteiger partial charge < -0.3 is 9.47 Å². The number of hydrogen-bond donors (Lipinski definition) is 0. The molecular formula is C17H21ClN4OS. The molecule has 1 amide bonds. The van der Waals surface area contributed by atoms with Crippen LogP contribution in [0.3, 0.4) is 0 Å². The maximum atomic E-state index is 12.3. The molecule has 1 aromatic carbocycles.